The van der Waals surface area contributed by atoms with Gasteiger partial charge in [0.15, 0.2) is 0 Å². The molecule has 2 aliphatic rings. The Balaban J connectivity index is 1.62. The van der Waals surface area contributed by atoms with Gasteiger partial charge in [-0.05, 0) is 37.1 Å². The second kappa shape index (κ2) is 6.90. The van der Waals surface area contributed by atoms with Gasteiger partial charge in [-0.2, -0.15) is 4.31 Å². The molecule has 132 valence electrons. The number of fused-ring (bicyclic) bond motifs is 1. The highest BCUT2D eigenvalue weighted by atomic mass is 35.5. The number of hydrogen-bond acceptors (Lipinski definition) is 4. The highest BCUT2D eigenvalue weighted by Crippen LogP contribution is 2.30. The molecule has 0 saturated carbocycles. The first-order valence-electron chi connectivity index (χ1n) is 8.08. The molecule has 1 aromatic carbocycles. The minimum atomic E-state index is -3.18. The van der Waals surface area contributed by atoms with Crippen LogP contribution in [-0.4, -0.2) is 62.1 Å². The topological polar surface area (TPSA) is 66.9 Å². The number of rotatable bonds is 3. The minimum absolute atomic E-state index is 0.0224. The molecule has 1 atom stereocenters. The largest absolute Gasteiger partial charge is 0.492 e. The zero-order chi connectivity index (χ0) is 17.3. The molecule has 0 aromatic heterocycles. The second-order valence-corrected chi connectivity index (χ2v) is 8.78. The highest BCUT2D eigenvalue weighted by Gasteiger charge is 2.33. The van der Waals surface area contributed by atoms with Gasteiger partial charge in [0.2, 0.25) is 15.9 Å². The maximum absolute atomic E-state index is 12.7. The second-order valence-electron chi connectivity index (χ2n) is 6.09. The summed E-state index contributed by atoms with van der Waals surface area (Å²) in [7, 11) is -3.18. The highest BCUT2D eigenvalue weighted by molar-refractivity contribution is 7.89. The predicted octanol–water partition coefficient (Wildman–Crippen LogP) is 1.39. The summed E-state index contributed by atoms with van der Waals surface area (Å²) in [6.07, 6.45) is 0.599. The van der Waals surface area contributed by atoms with Crippen molar-refractivity contribution in [1.82, 2.24) is 9.21 Å². The number of piperazine rings is 1. The summed E-state index contributed by atoms with van der Waals surface area (Å²) in [6.45, 7) is 3.56. The van der Waals surface area contributed by atoms with Gasteiger partial charge in [0.05, 0.1) is 11.7 Å². The lowest BCUT2D eigenvalue weighted by Crippen LogP contribution is -2.53. The summed E-state index contributed by atoms with van der Waals surface area (Å²) < 4.78 is 30.9. The molecule has 0 bridgehead atoms. The van der Waals surface area contributed by atoms with Crippen molar-refractivity contribution in [3.8, 4) is 5.75 Å². The Morgan fingerprint density at radius 2 is 2.00 bits per heavy atom. The Bertz CT molecular complexity index is 730. The van der Waals surface area contributed by atoms with Gasteiger partial charge in [-0.1, -0.05) is 11.6 Å². The molecule has 1 amide bonds. The lowest BCUT2D eigenvalue weighted by Gasteiger charge is -2.36. The maximum atomic E-state index is 12.7. The third kappa shape index (κ3) is 3.53. The summed E-state index contributed by atoms with van der Waals surface area (Å²) in [5.74, 6) is 0.649. The van der Waals surface area contributed by atoms with Crippen LogP contribution in [0.15, 0.2) is 18.2 Å². The SMILES string of the molecule is CCS(=O)(=O)N1CCN(C(=O)C2COc3ccc(Cl)cc3C2)CC1. The average Bonchev–Trinajstić information content (AvgIpc) is 2.60. The van der Waals surface area contributed by atoms with Crippen molar-refractivity contribution in [2.45, 2.75) is 13.3 Å². The van der Waals surface area contributed by atoms with E-state index in [1.165, 1.54) is 4.31 Å². The molecule has 24 heavy (non-hydrogen) atoms. The van der Waals surface area contributed by atoms with Gasteiger partial charge in [0.25, 0.3) is 0 Å². The van der Waals surface area contributed by atoms with Crippen molar-refractivity contribution in [2.24, 2.45) is 5.92 Å². The molecule has 0 radical (unpaired) electrons. The fourth-order valence-corrected chi connectivity index (χ4v) is 4.43. The number of amides is 1. The number of ether oxygens (including phenoxy) is 1. The summed E-state index contributed by atoms with van der Waals surface area (Å²) in [6, 6.07) is 5.44. The molecule has 2 aliphatic heterocycles. The van der Waals surface area contributed by atoms with Crippen LogP contribution >= 0.6 is 11.6 Å². The van der Waals surface area contributed by atoms with Gasteiger partial charge in [-0.3, -0.25) is 4.79 Å². The molecule has 3 rings (SSSR count). The van der Waals surface area contributed by atoms with E-state index < -0.39 is 10.0 Å². The van der Waals surface area contributed by atoms with Gasteiger partial charge < -0.3 is 9.64 Å². The quantitative estimate of drug-likeness (QED) is 0.804. The van der Waals surface area contributed by atoms with Gasteiger partial charge in [0.1, 0.15) is 12.4 Å². The van der Waals surface area contributed by atoms with Crippen LogP contribution in [-0.2, 0) is 21.2 Å². The van der Waals surface area contributed by atoms with Crippen LogP contribution in [0, 0.1) is 5.92 Å². The van der Waals surface area contributed by atoms with E-state index >= 15 is 0 Å². The molecule has 0 spiro atoms. The Labute approximate surface area is 147 Å². The summed E-state index contributed by atoms with van der Waals surface area (Å²) in [4.78, 5) is 14.5. The summed E-state index contributed by atoms with van der Waals surface area (Å²) in [5, 5.41) is 0.629. The lowest BCUT2D eigenvalue weighted by atomic mass is 9.95. The fourth-order valence-electron chi connectivity index (χ4n) is 3.15. The summed E-state index contributed by atoms with van der Waals surface area (Å²) >= 11 is 6.01. The minimum Gasteiger partial charge on any atom is -0.492 e. The normalized spacial score (nSPS) is 21.9. The smallest absolute Gasteiger partial charge is 0.229 e. The zero-order valence-electron chi connectivity index (χ0n) is 13.6. The Morgan fingerprint density at radius 1 is 1.29 bits per heavy atom. The standard InChI is InChI=1S/C16H21ClN2O4S/c1-2-24(21,22)19-7-5-18(6-8-19)16(20)13-9-12-10-14(17)3-4-15(12)23-11-13/h3-4,10,13H,2,5-9,11H2,1H3. The first-order valence-corrected chi connectivity index (χ1v) is 10.1. The number of carbonyl (C=O) groups is 1. The third-order valence-corrected chi connectivity index (χ3v) is 6.70. The van der Waals surface area contributed by atoms with Crippen molar-refractivity contribution in [2.75, 3.05) is 38.5 Å². The number of nitrogens with zero attached hydrogens (tertiary/aromatic N) is 2. The van der Waals surface area contributed by atoms with E-state index in [2.05, 4.69) is 0 Å². The van der Waals surface area contributed by atoms with Crippen molar-refractivity contribution in [3.05, 3.63) is 28.8 Å². The van der Waals surface area contributed by atoms with Crippen LogP contribution in [0.2, 0.25) is 5.02 Å². The first-order chi connectivity index (χ1) is 11.4. The van der Waals surface area contributed by atoms with Crippen LogP contribution in [0.5, 0.6) is 5.75 Å². The Kier molecular flexibility index (Phi) is 5.03. The van der Waals surface area contributed by atoms with E-state index in [9.17, 15) is 13.2 Å². The number of halogens is 1. The molecule has 6 nitrogen and oxygen atoms in total. The van der Waals surface area contributed by atoms with Crippen molar-refractivity contribution < 1.29 is 17.9 Å². The Hall–Kier alpha value is -1.31. The van der Waals surface area contributed by atoms with E-state index in [1.807, 2.05) is 12.1 Å². The van der Waals surface area contributed by atoms with Gasteiger partial charge in [-0.15, -0.1) is 0 Å². The zero-order valence-corrected chi connectivity index (χ0v) is 15.1. The van der Waals surface area contributed by atoms with E-state index in [0.29, 0.717) is 44.2 Å². The Morgan fingerprint density at radius 3 is 2.67 bits per heavy atom. The van der Waals surface area contributed by atoms with Gasteiger partial charge in [0, 0.05) is 31.2 Å². The molecule has 1 aromatic rings. The lowest BCUT2D eigenvalue weighted by molar-refractivity contribution is -0.138. The third-order valence-electron chi connectivity index (χ3n) is 4.59. The molecule has 2 heterocycles. The van der Waals surface area contributed by atoms with Crippen LogP contribution in [0.25, 0.3) is 0 Å². The van der Waals surface area contributed by atoms with E-state index in [4.69, 9.17) is 16.3 Å². The van der Waals surface area contributed by atoms with Crippen LogP contribution < -0.4 is 4.74 Å². The molecule has 0 N–H and O–H groups in total. The molecule has 1 fully saturated rings. The van der Waals surface area contributed by atoms with Gasteiger partial charge in [-0.25, -0.2) is 8.42 Å². The molecule has 0 aliphatic carbocycles. The first kappa shape index (κ1) is 17.5. The van der Waals surface area contributed by atoms with Crippen molar-refractivity contribution >= 4 is 27.5 Å². The van der Waals surface area contributed by atoms with E-state index in [1.54, 1.807) is 17.9 Å². The predicted molar refractivity (Wildman–Crippen MR) is 91.8 cm³/mol. The summed E-state index contributed by atoms with van der Waals surface area (Å²) in [5.41, 5.74) is 0.944. The van der Waals surface area contributed by atoms with Crippen molar-refractivity contribution in [3.63, 3.8) is 0 Å². The molecule has 1 saturated heterocycles. The van der Waals surface area contributed by atoms with Gasteiger partial charge >= 0.3 is 0 Å². The molecule has 8 heteroatoms. The average molecular weight is 373 g/mol. The van der Waals surface area contributed by atoms with Crippen LogP contribution in [0.4, 0.5) is 0 Å². The van der Waals surface area contributed by atoms with Crippen molar-refractivity contribution in [1.29, 1.82) is 0 Å². The monoisotopic (exact) mass is 372 g/mol. The van der Waals surface area contributed by atoms with Crippen LogP contribution in [0.3, 0.4) is 0 Å². The number of sulfonamides is 1. The number of hydrogen-bond donors (Lipinski definition) is 0. The fraction of sp³-hybridized carbons (Fsp3) is 0.562. The molecular formula is C16H21ClN2O4S. The number of benzene rings is 1. The van der Waals surface area contributed by atoms with Crippen LogP contribution in [0.1, 0.15) is 12.5 Å². The molecule has 1 unspecified atom stereocenters. The maximum Gasteiger partial charge on any atom is 0.229 e. The molecular weight excluding hydrogens is 352 g/mol. The van der Waals surface area contributed by atoms with E-state index in [-0.39, 0.29) is 17.6 Å². The van der Waals surface area contributed by atoms with E-state index in [0.717, 1.165) is 11.3 Å². The number of carbonyl (C=O) groups excluding carboxylic acids is 1.